The van der Waals surface area contributed by atoms with Crippen molar-refractivity contribution in [3.8, 4) is 0 Å². The molecule has 4 nitrogen and oxygen atoms in total. The maximum Gasteiger partial charge on any atom is 0.246 e. The molecule has 2 aliphatic rings. The molecule has 1 aromatic carbocycles. The Bertz CT molecular complexity index is 820. The second-order valence-corrected chi connectivity index (χ2v) is 8.59. The summed E-state index contributed by atoms with van der Waals surface area (Å²) >= 11 is 0. The third kappa shape index (κ3) is 5.33. The van der Waals surface area contributed by atoms with Crippen LogP contribution < -0.4 is 0 Å². The Balaban J connectivity index is 1.27. The fourth-order valence-corrected chi connectivity index (χ4v) is 4.86. The van der Waals surface area contributed by atoms with Gasteiger partial charge < -0.3 is 9.80 Å². The van der Waals surface area contributed by atoms with Gasteiger partial charge in [0.25, 0.3) is 0 Å². The number of aromatic nitrogens is 1. The highest BCUT2D eigenvalue weighted by Crippen LogP contribution is 2.39. The Kier molecular flexibility index (Phi) is 6.40. The number of aryl methyl sites for hydroxylation is 1. The molecule has 0 radical (unpaired) electrons. The molecule has 1 amide bonds. The molecule has 3 heterocycles. The number of benzene rings is 1. The van der Waals surface area contributed by atoms with E-state index >= 15 is 0 Å². The summed E-state index contributed by atoms with van der Waals surface area (Å²) in [6.45, 7) is 5.29. The van der Waals surface area contributed by atoms with Crippen molar-refractivity contribution in [1.82, 2.24) is 14.8 Å². The molecule has 1 atom stereocenters. The van der Waals surface area contributed by atoms with Gasteiger partial charge in [0.2, 0.25) is 5.91 Å². The number of hydrogen-bond acceptors (Lipinski definition) is 3. The highest BCUT2D eigenvalue weighted by molar-refractivity contribution is 5.92. The van der Waals surface area contributed by atoms with Gasteiger partial charge in [-0.2, -0.15) is 0 Å². The summed E-state index contributed by atoms with van der Waals surface area (Å²) in [6.07, 6.45) is 13.1. The number of carbonyl (C=O) groups is 1. The molecular weight excluding hydrogens is 358 g/mol. The summed E-state index contributed by atoms with van der Waals surface area (Å²) in [4.78, 5) is 21.4. The molecule has 0 unspecified atom stereocenters. The van der Waals surface area contributed by atoms with Gasteiger partial charge in [0.15, 0.2) is 0 Å². The standard InChI is InChI=1S/C25H31N3O/c29-24(10-9-23-11-15-26-16-12-23)28-19-14-25(21-28)13-5-18-27(20-25)17-4-8-22-6-2-1-3-7-22/h1-3,6-7,9-12,15-16H,4-5,8,13-14,17-21H2/b10-9+/t25-/m0/s1. The monoisotopic (exact) mass is 389 g/mol. The molecule has 1 spiro atoms. The maximum atomic E-state index is 12.7. The van der Waals surface area contributed by atoms with E-state index in [9.17, 15) is 4.79 Å². The lowest BCUT2D eigenvalue weighted by Gasteiger charge is -2.40. The summed E-state index contributed by atoms with van der Waals surface area (Å²) in [7, 11) is 0. The summed E-state index contributed by atoms with van der Waals surface area (Å²) in [6, 6.07) is 14.6. The second-order valence-electron chi connectivity index (χ2n) is 8.59. The highest BCUT2D eigenvalue weighted by atomic mass is 16.2. The third-order valence-corrected chi connectivity index (χ3v) is 6.40. The van der Waals surface area contributed by atoms with Crippen molar-refractivity contribution in [1.29, 1.82) is 0 Å². The van der Waals surface area contributed by atoms with Crippen molar-refractivity contribution in [3.63, 3.8) is 0 Å². The fourth-order valence-electron chi connectivity index (χ4n) is 4.86. The van der Waals surface area contributed by atoms with Gasteiger partial charge in [-0.25, -0.2) is 0 Å². The molecule has 2 fully saturated rings. The quantitative estimate of drug-likeness (QED) is 0.700. The van der Waals surface area contributed by atoms with E-state index in [-0.39, 0.29) is 5.91 Å². The minimum atomic E-state index is 0.139. The number of carbonyl (C=O) groups excluding carboxylic acids is 1. The topological polar surface area (TPSA) is 36.4 Å². The maximum absolute atomic E-state index is 12.7. The second kappa shape index (κ2) is 9.36. The predicted molar refractivity (Wildman–Crippen MR) is 117 cm³/mol. The van der Waals surface area contributed by atoms with E-state index in [1.165, 1.54) is 31.4 Å². The van der Waals surface area contributed by atoms with Gasteiger partial charge in [-0.15, -0.1) is 0 Å². The number of amides is 1. The number of pyridine rings is 1. The van der Waals surface area contributed by atoms with E-state index in [0.717, 1.165) is 44.6 Å². The van der Waals surface area contributed by atoms with Crippen LogP contribution in [-0.4, -0.2) is 53.4 Å². The summed E-state index contributed by atoms with van der Waals surface area (Å²) in [5, 5.41) is 0. The van der Waals surface area contributed by atoms with Gasteiger partial charge in [0, 0.05) is 43.5 Å². The lowest BCUT2D eigenvalue weighted by molar-refractivity contribution is -0.125. The molecule has 2 saturated heterocycles. The lowest BCUT2D eigenvalue weighted by Crippen LogP contribution is -2.45. The van der Waals surface area contributed by atoms with Crippen LogP contribution in [0.4, 0.5) is 0 Å². The molecule has 0 bridgehead atoms. The van der Waals surface area contributed by atoms with Crippen molar-refractivity contribution in [2.24, 2.45) is 5.41 Å². The van der Waals surface area contributed by atoms with E-state index < -0.39 is 0 Å². The average molecular weight is 390 g/mol. The highest BCUT2D eigenvalue weighted by Gasteiger charge is 2.42. The van der Waals surface area contributed by atoms with Crippen molar-refractivity contribution < 1.29 is 4.79 Å². The predicted octanol–water partition coefficient (Wildman–Crippen LogP) is 4.04. The summed E-state index contributed by atoms with van der Waals surface area (Å²) in [5.74, 6) is 0.139. The van der Waals surface area contributed by atoms with E-state index in [1.54, 1.807) is 18.5 Å². The van der Waals surface area contributed by atoms with Crippen LogP contribution in [0.1, 0.15) is 36.8 Å². The Morgan fingerprint density at radius 3 is 2.69 bits per heavy atom. The molecular formula is C25H31N3O. The molecule has 4 rings (SSSR count). The smallest absolute Gasteiger partial charge is 0.246 e. The van der Waals surface area contributed by atoms with Gasteiger partial charge in [0.05, 0.1) is 0 Å². The zero-order chi connectivity index (χ0) is 19.9. The number of piperidine rings is 1. The Hall–Kier alpha value is -2.46. The van der Waals surface area contributed by atoms with Gasteiger partial charge in [-0.05, 0) is 74.5 Å². The molecule has 2 aliphatic heterocycles. The van der Waals surface area contributed by atoms with Crippen molar-refractivity contribution in [3.05, 3.63) is 72.1 Å². The SMILES string of the molecule is O=C(/C=C/c1ccncc1)N1CC[C@]2(CCCN(CCCc3ccccc3)C2)C1. The fraction of sp³-hybridized carbons (Fsp3) is 0.440. The molecule has 0 aliphatic carbocycles. The first kappa shape index (κ1) is 19.8. The van der Waals surface area contributed by atoms with Crippen molar-refractivity contribution >= 4 is 12.0 Å². The van der Waals surface area contributed by atoms with Crippen LogP contribution in [-0.2, 0) is 11.2 Å². The number of likely N-dealkylation sites (tertiary alicyclic amines) is 2. The van der Waals surface area contributed by atoms with Gasteiger partial charge in [-0.3, -0.25) is 9.78 Å². The largest absolute Gasteiger partial charge is 0.339 e. The minimum absolute atomic E-state index is 0.139. The van der Waals surface area contributed by atoms with Crippen LogP contribution in [0.15, 0.2) is 60.9 Å². The van der Waals surface area contributed by atoms with E-state index in [4.69, 9.17) is 0 Å². The Labute approximate surface area is 174 Å². The van der Waals surface area contributed by atoms with Gasteiger partial charge in [-0.1, -0.05) is 30.3 Å². The number of hydrogen-bond donors (Lipinski definition) is 0. The Morgan fingerprint density at radius 1 is 1.03 bits per heavy atom. The molecule has 152 valence electrons. The van der Waals surface area contributed by atoms with Crippen LogP contribution >= 0.6 is 0 Å². The van der Waals surface area contributed by atoms with Crippen LogP contribution in [0.25, 0.3) is 6.08 Å². The number of nitrogens with zero attached hydrogens (tertiary/aromatic N) is 3. The molecule has 0 saturated carbocycles. The molecule has 4 heteroatoms. The van der Waals surface area contributed by atoms with Gasteiger partial charge in [0.1, 0.15) is 0 Å². The molecule has 2 aromatic rings. The zero-order valence-corrected chi connectivity index (χ0v) is 17.2. The summed E-state index contributed by atoms with van der Waals surface area (Å²) < 4.78 is 0. The van der Waals surface area contributed by atoms with E-state index in [0.29, 0.717) is 5.41 Å². The first-order chi connectivity index (χ1) is 14.2. The first-order valence-corrected chi connectivity index (χ1v) is 10.9. The van der Waals surface area contributed by atoms with Crippen LogP contribution in [0.5, 0.6) is 0 Å². The molecule has 1 aromatic heterocycles. The zero-order valence-electron chi connectivity index (χ0n) is 17.2. The molecule has 29 heavy (non-hydrogen) atoms. The number of rotatable bonds is 6. The minimum Gasteiger partial charge on any atom is -0.339 e. The lowest BCUT2D eigenvalue weighted by atomic mass is 9.79. The van der Waals surface area contributed by atoms with Crippen LogP contribution in [0.2, 0.25) is 0 Å². The third-order valence-electron chi connectivity index (χ3n) is 6.40. The summed E-state index contributed by atoms with van der Waals surface area (Å²) in [5.41, 5.74) is 2.74. The van der Waals surface area contributed by atoms with E-state index in [1.807, 2.05) is 23.1 Å². The first-order valence-electron chi connectivity index (χ1n) is 10.9. The Morgan fingerprint density at radius 2 is 1.86 bits per heavy atom. The average Bonchev–Trinajstić information content (AvgIpc) is 3.17. The molecule has 0 N–H and O–H groups in total. The van der Waals surface area contributed by atoms with Gasteiger partial charge >= 0.3 is 0 Å². The normalized spacial score (nSPS) is 22.6. The van der Waals surface area contributed by atoms with Crippen LogP contribution in [0, 0.1) is 5.41 Å². The van der Waals surface area contributed by atoms with E-state index in [2.05, 4.69) is 40.2 Å². The van der Waals surface area contributed by atoms with Crippen molar-refractivity contribution in [2.75, 3.05) is 32.7 Å². The van der Waals surface area contributed by atoms with Crippen molar-refractivity contribution in [2.45, 2.75) is 32.1 Å². The van der Waals surface area contributed by atoms with Crippen LogP contribution in [0.3, 0.4) is 0 Å².